The molecule has 94 valence electrons. The van der Waals surface area contributed by atoms with Gasteiger partial charge in [-0.25, -0.2) is 0 Å². The van der Waals surface area contributed by atoms with E-state index in [4.69, 9.17) is 0 Å². The van der Waals surface area contributed by atoms with Gasteiger partial charge in [-0.05, 0) is 28.7 Å². The quantitative estimate of drug-likeness (QED) is 0.889. The van der Waals surface area contributed by atoms with Crippen LogP contribution in [0.2, 0.25) is 0 Å². The minimum Gasteiger partial charge on any atom is -0.388 e. The Labute approximate surface area is 108 Å². The Hall–Kier alpha value is -1.67. The average Bonchev–Trinajstić information content (AvgIpc) is 2.40. The highest BCUT2D eigenvalue weighted by atomic mass is 16.3. The molecule has 1 aromatic carbocycles. The van der Waals surface area contributed by atoms with Crippen molar-refractivity contribution in [3.8, 4) is 0 Å². The fourth-order valence-electron chi connectivity index (χ4n) is 1.95. The largest absolute Gasteiger partial charge is 0.388 e. The first kappa shape index (κ1) is 12.8. The molecule has 18 heavy (non-hydrogen) atoms. The Kier molecular flexibility index (Phi) is 4.11. The lowest BCUT2D eigenvalue weighted by Crippen LogP contribution is -2.02. The number of hydrogen-bond acceptors (Lipinski definition) is 2. The van der Waals surface area contributed by atoms with Crippen molar-refractivity contribution in [1.82, 2.24) is 4.98 Å². The first-order valence-electron chi connectivity index (χ1n) is 6.33. The monoisotopic (exact) mass is 241 g/mol. The summed E-state index contributed by atoms with van der Waals surface area (Å²) in [4.78, 5) is 4.02. The number of hydrogen-bond donors (Lipinski definition) is 1. The van der Waals surface area contributed by atoms with E-state index in [2.05, 4.69) is 43.1 Å². The third-order valence-electron chi connectivity index (χ3n) is 3.14. The number of aliphatic hydroxyl groups is 1. The van der Waals surface area contributed by atoms with Crippen LogP contribution in [0.5, 0.6) is 0 Å². The SMILES string of the molecule is CC(C)c1ccc(CC(O)c2cccnc2)cc1. The highest BCUT2D eigenvalue weighted by molar-refractivity contribution is 5.26. The van der Waals surface area contributed by atoms with Crippen molar-refractivity contribution in [3.63, 3.8) is 0 Å². The van der Waals surface area contributed by atoms with E-state index in [1.165, 1.54) is 5.56 Å². The van der Waals surface area contributed by atoms with Crippen LogP contribution in [0.15, 0.2) is 48.8 Å². The van der Waals surface area contributed by atoms with Gasteiger partial charge in [0, 0.05) is 18.8 Å². The Morgan fingerprint density at radius 3 is 2.33 bits per heavy atom. The van der Waals surface area contributed by atoms with Crippen LogP contribution < -0.4 is 0 Å². The molecule has 0 aliphatic rings. The van der Waals surface area contributed by atoms with Crippen molar-refractivity contribution in [2.24, 2.45) is 0 Å². The number of pyridine rings is 1. The lowest BCUT2D eigenvalue weighted by molar-refractivity contribution is 0.178. The second-order valence-corrected chi connectivity index (χ2v) is 4.90. The molecule has 1 unspecified atom stereocenters. The molecule has 2 aromatic rings. The van der Waals surface area contributed by atoms with E-state index in [1.54, 1.807) is 12.4 Å². The topological polar surface area (TPSA) is 33.1 Å². The molecule has 2 heteroatoms. The summed E-state index contributed by atoms with van der Waals surface area (Å²) in [5.74, 6) is 0.544. The van der Waals surface area contributed by atoms with Gasteiger partial charge in [0.1, 0.15) is 0 Å². The Balaban J connectivity index is 2.05. The molecule has 0 spiro atoms. The minimum absolute atomic E-state index is 0.483. The third-order valence-corrected chi connectivity index (χ3v) is 3.14. The highest BCUT2D eigenvalue weighted by Crippen LogP contribution is 2.19. The fourth-order valence-corrected chi connectivity index (χ4v) is 1.95. The second kappa shape index (κ2) is 5.78. The Morgan fingerprint density at radius 2 is 1.78 bits per heavy atom. The van der Waals surface area contributed by atoms with Gasteiger partial charge in [0.2, 0.25) is 0 Å². The molecule has 1 atom stereocenters. The van der Waals surface area contributed by atoms with Gasteiger partial charge in [0.05, 0.1) is 6.10 Å². The molecule has 0 aliphatic carbocycles. The molecule has 2 nitrogen and oxygen atoms in total. The summed E-state index contributed by atoms with van der Waals surface area (Å²) < 4.78 is 0. The standard InChI is InChI=1S/C16H19NO/c1-12(2)14-7-5-13(6-8-14)10-16(18)15-4-3-9-17-11-15/h3-9,11-12,16,18H,10H2,1-2H3. The fraction of sp³-hybridized carbons (Fsp3) is 0.312. The van der Waals surface area contributed by atoms with Crippen LogP contribution in [0, 0.1) is 0 Å². The van der Waals surface area contributed by atoms with Crippen LogP contribution in [0.4, 0.5) is 0 Å². The number of benzene rings is 1. The van der Waals surface area contributed by atoms with Crippen molar-refractivity contribution in [2.45, 2.75) is 32.3 Å². The molecule has 0 saturated heterocycles. The number of aromatic nitrogens is 1. The van der Waals surface area contributed by atoms with Crippen molar-refractivity contribution in [1.29, 1.82) is 0 Å². The normalized spacial score (nSPS) is 12.7. The van der Waals surface area contributed by atoms with Gasteiger partial charge in [0.15, 0.2) is 0 Å². The first-order chi connectivity index (χ1) is 8.66. The van der Waals surface area contributed by atoms with Crippen LogP contribution in [0.25, 0.3) is 0 Å². The maximum atomic E-state index is 10.1. The molecule has 2 rings (SSSR count). The molecule has 0 bridgehead atoms. The van der Waals surface area contributed by atoms with Gasteiger partial charge in [0.25, 0.3) is 0 Å². The van der Waals surface area contributed by atoms with E-state index in [-0.39, 0.29) is 0 Å². The summed E-state index contributed by atoms with van der Waals surface area (Å²) in [6.07, 6.45) is 3.58. The summed E-state index contributed by atoms with van der Waals surface area (Å²) in [7, 11) is 0. The van der Waals surface area contributed by atoms with Crippen molar-refractivity contribution < 1.29 is 5.11 Å². The molecular formula is C16H19NO. The predicted molar refractivity (Wildman–Crippen MR) is 73.4 cm³/mol. The highest BCUT2D eigenvalue weighted by Gasteiger charge is 2.08. The maximum absolute atomic E-state index is 10.1. The summed E-state index contributed by atoms with van der Waals surface area (Å²) in [6.45, 7) is 4.36. The summed E-state index contributed by atoms with van der Waals surface area (Å²) in [5.41, 5.74) is 3.34. The van der Waals surface area contributed by atoms with Gasteiger partial charge in [-0.2, -0.15) is 0 Å². The van der Waals surface area contributed by atoms with Crippen LogP contribution >= 0.6 is 0 Å². The molecular weight excluding hydrogens is 222 g/mol. The van der Waals surface area contributed by atoms with E-state index in [9.17, 15) is 5.11 Å². The van der Waals surface area contributed by atoms with Gasteiger partial charge >= 0.3 is 0 Å². The molecule has 1 N–H and O–H groups in total. The van der Waals surface area contributed by atoms with E-state index >= 15 is 0 Å². The molecule has 0 radical (unpaired) electrons. The smallest absolute Gasteiger partial charge is 0.0845 e. The zero-order valence-corrected chi connectivity index (χ0v) is 10.9. The van der Waals surface area contributed by atoms with Gasteiger partial charge in [-0.1, -0.05) is 44.2 Å². The number of nitrogens with zero attached hydrogens (tertiary/aromatic N) is 1. The van der Waals surface area contributed by atoms with Crippen LogP contribution in [0.3, 0.4) is 0 Å². The van der Waals surface area contributed by atoms with Gasteiger partial charge in [-0.15, -0.1) is 0 Å². The molecule has 0 saturated carbocycles. The third kappa shape index (κ3) is 3.17. The predicted octanol–water partition coefficient (Wildman–Crippen LogP) is 3.48. The molecule has 0 aliphatic heterocycles. The number of rotatable bonds is 4. The summed E-state index contributed by atoms with van der Waals surface area (Å²) in [6, 6.07) is 12.2. The Bertz CT molecular complexity index is 476. The van der Waals surface area contributed by atoms with Crippen molar-refractivity contribution in [3.05, 3.63) is 65.5 Å². The maximum Gasteiger partial charge on any atom is 0.0845 e. The van der Waals surface area contributed by atoms with Crippen LogP contribution in [0.1, 0.15) is 42.6 Å². The zero-order chi connectivity index (χ0) is 13.0. The minimum atomic E-state index is -0.483. The first-order valence-corrected chi connectivity index (χ1v) is 6.33. The lowest BCUT2D eigenvalue weighted by atomic mass is 9.98. The second-order valence-electron chi connectivity index (χ2n) is 4.90. The lowest BCUT2D eigenvalue weighted by Gasteiger charge is -2.11. The molecule has 0 fully saturated rings. The Morgan fingerprint density at radius 1 is 1.06 bits per heavy atom. The molecule has 1 heterocycles. The average molecular weight is 241 g/mol. The zero-order valence-electron chi connectivity index (χ0n) is 10.9. The molecule has 1 aromatic heterocycles. The van der Waals surface area contributed by atoms with Crippen LogP contribution in [-0.2, 0) is 6.42 Å². The van der Waals surface area contributed by atoms with Gasteiger partial charge in [-0.3, -0.25) is 4.98 Å². The van der Waals surface area contributed by atoms with Crippen molar-refractivity contribution in [2.75, 3.05) is 0 Å². The van der Waals surface area contributed by atoms with Gasteiger partial charge < -0.3 is 5.11 Å². The van der Waals surface area contributed by atoms with E-state index < -0.39 is 6.10 Å². The van der Waals surface area contributed by atoms with E-state index in [0.29, 0.717) is 12.3 Å². The van der Waals surface area contributed by atoms with E-state index in [0.717, 1.165) is 11.1 Å². The number of aliphatic hydroxyl groups excluding tert-OH is 1. The van der Waals surface area contributed by atoms with E-state index in [1.807, 2.05) is 12.1 Å². The molecule has 0 amide bonds. The van der Waals surface area contributed by atoms with Crippen LogP contribution in [-0.4, -0.2) is 10.1 Å². The summed E-state index contributed by atoms with van der Waals surface area (Å²) in [5, 5.41) is 10.1. The van der Waals surface area contributed by atoms with Crippen molar-refractivity contribution >= 4 is 0 Å². The summed E-state index contributed by atoms with van der Waals surface area (Å²) >= 11 is 0.